The largest absolute Gasteiger partial charge is 0.462 e. The molecular formula is C44H51N5O8S. The first-order valence-electron chi connectivity index (χ1n) is 19.7. The molecule has 1 fully saturated rings. The highest BCUT2D eigenvalue weighted by Gasteiger charge is 2.45. The van der Waals surface area contributed by atoms with Crippen molar-refractivity contribution in [2.75, 3.05) is 18.5 Å². The van der Waals surface area contributed by atoms with E-state index in [0.29, 0.717) is 28.7 Å². The van der Waals surface area contributed by atoms with E-state index < -0.39 is 28.0 Å². The van der Waals surface area contributed by atoms with Crippen LogP contribution in [0.3, 0.4) is 0 Å². The second kappa shape index (κ2) is 17.5. The van der Waals surface area contributed by atoms with Crippen molar-refractivity contribution in [2.24, 2.45) is 17.8 Å². The van der Waals surface area contributed by atoms with Gasteiger partial charge in [-0.1, -0.05) is 104 Å². The van der Waals surface area contributed by atoms with E-state index >= 15 is 0 Å². The van der Waals surface area contributed by atoms with Gasteiger partial charge in [-0.25, -0.2) is 14.6 Å². The number of nitrogens with one attached hydrogen (secondary N) is 1. The molecule has 1 aliphatic rings. The topological polar surface area (TPSA) is 169 Å². The van der Waals surface area contributed by atoms with Crippen molar-refractivity contribution in [3.05, 3.63) is 107 Å². The minimum absolute atomic E-state index is 0.0201. The summed E-state index contributed by atoms with van der Waals surface area (Å²) in [5, 5.41) is 2.69. The average molecular weight is 810 g/mol. The third kappa shape index (κ3) is 9.07. The zero-order valence-electron chi connectivity index (χ0n) is 34.1. The summed E-state index contributed by atoms with van der Waals surface area (Å²) in [6.07, 6.45) is 1.98. The number of anilines is 1. The minimum atomic E-state index is -4.52. The Labute approximate surface area is 339 Å². The molecule has 5 aromatic rings. The van der Waals surface area contributed by atoms with Crippen molar-refractivity contribution in [1.29, 1.82) is 0 Å². The molecule has 3 atom stereocenters. The van der Waals surface area contributed by atoms with Gasteiger partial charge in [0.1, 0.15) is 4.90 Å². The summed E-state index contributed by atoms with van der Waals surface area (Å²) >= 11 is 0. The monoisotopic (exact) mass is 809 g/mol. The van der Waals surface area contributed by atoms with Gasteiger partial charge in [0, 0.05) is 23.8 Å². The second-order valence-corrected chi connectivity index (χ2v) is 17.5. The van der Waals surface area contributed by atoms with E-state index in [2.05, 4.69) is 34.1 Å². The minimum Gasteiger partial charge on any atom is -0.462 e. The number of imidazole rings is 1. The molecule has 6 rings (SSSR count). The van der Waals surface area contributed by atoms with Gasteiger partial charge in [0.05, 0.1) is 30.7 Å². The van der Waals surface area contributed by atoms with Gasteiger partial charge >= 0.3 is 22.1 Å². The lowest BCUT2D eigenvalue weighted by atomic mass is 9.69. The normalized spacial score (nSPS) is 16.8. The van der Waals surface area contributed by atoms with E-state index in [1.165, 1.54) is 6.33 Å². The number of nitrogens with zero attached hydrogens (tertiary/aromatic N) is 4. The lowest BCUT2D eigenvalue weighted by Crippen LogP contribution is -2.44. The Balaban J connectivity index is 1.39. The second-order valence-electron chi connectivity index (χ2n) is 16.0. The first kappa shape index (κ1) is 42.0. The molecule has 58 heavy (non-hydrogen) atoms. The van der Waals surface area contributed by atoms with E-state index in [-0.39, 0.29) is 82.6 Å². The molecule has 1 saturated carbocycles. The molecule has 1 amide bonds. The van der Waals surface area contributed by atoms with Crippen molar-refractivity contribution in [3.8, 4) is 5.88 Å². The third-order valence-electron chi connectivity index (χ3n) is 10.5. The molecular weight excluding hydrogens is 759 g/mol. The molecule has 3 aromatic carbocycles. The van der Waals surface area contributed by atoms with E-state index in [1.807, 2.05) is 45.9 Å². The van der Waals surface area contributed by atoms with E-state index in [0.717, 1.165) is 5.56 Å². The maximum atomic E-state index is 14.5. The molecule has 306 valence electrons. The van der Waals surface area contributed by atoms with Gasteiger partial charge in [0.2, 0.25) is 11.9 Å². The summed E-state index contributed by atoms with van der Waals surface area (Å²) in [4.78, 5) is 52.6. The summed E-state index contributed by atoms with van der Waals surface area (Å²) in [5.41, 5.74) is 3.33. The van der Waals surface area contributed by atoms with Crippen LogP contribution in [0.2, 0.25) is 0 Å². The fraction of sp³-hybridized carbons (Fsp3) is 0.409. The standard InChI is InChI=1S/C44H51N5O8S/c1-25(2)31-19-33(26(3)4)38(34(20-31)27(5)6)58(53,54)57-41-37-39(46-44(48-41)47-40(50)28(7)8)49(24-45-37)36-21-32(22-55-42(51)29-15-11-9-12-16-29)35(36)23-56-43(52)30-17-13-10-14-18-30/h9-20,24-28,32,35-36H,21-23H2,1-8H3,(H,46,47,48,50). The molecule has 2 aromatic heterocycles. The van der Waals surface area contributed by atoms with Gasteiger partial charge in [-0.15, -0.1) is 0 Å². The molecule has 1 N–H and O–H groups in total. The molecule has 0 radical (unpaired) electrons. The van der Waals surface area contributed by atoms with Crippen LogP contribution in [0.4, 0.5) is 5.95 Å². The number of amides is 1. The number of esters is 2. The van der Waals surface area contributed by atoms with E-state index in [4.69, 9.17) is 13.7 Å². The zero-order valence-corrected chi connectivity index (χ0v) is 34.9. The molecule has 0 spiro atoms. The van der Waals surface area contributed by atoms with Gasteiger partial charge in [-0.05, 0) is 65.1 Å². The smallest absolute Gasteiger partial charge is 0.341 e. The van der Waals surface area contributed by atoms with Crippen LogP contribution in [-0.2, 0) is 24.4 Å². The highest BCUT2D eigenvalue weighted by Crippen LogP contribution is 2.46. The Morgan fingerprint density at radius 3 is 1.84 bits per heavy atom. The van der Waals surface area contributed by atoms with Crippen LogP contribution >= 0.6 is 0 Å². The van der Waals surface area contributed by atoms with Crippen LogP contribution < -0.4 is 9.50 Å². The number of carbonyl (C=O) groups excluding carboxylic acids is 3. The molecule has 3 unspecified atom stereocenters. The van der Waals surface area contributed by atoms with Gasteiger partial charge in [0.25, 0.3) is 5.88 Å². The number of carbonyl (C=O) groups is 3. The van der Waals surface area contributed by atoms with Crippen LogP contribution in [0.15, 0.2) is 84.0 Å². The lowest BCUT2D eigenvalue weighted by molar-refractivity contribution is -0.118. The summed E-state index contributed by atoms with van der Waals surface area (Å²) in [7, 11) is -4.52. The van der Waals surface area contributed by atoms with Crippen LogP contribution in [0.5, 0.6) is 5.88 Å². The SMILES string of the molecule is CC(C)C(=O)Nc1nc(OS(=O)(=O)c2c(C(C)C)cc(C(C)C)cc2C(C)C)c2ncn(C3CC(COC(=O)c4ccccc4)C3COC(=O)c3ccccc3)c2n1. The Morgan fingerprint density at radius 1 is 0.776 bits per heavy atom. The molecule has 0 aliphatic heterocycles. The highest BCUT2D eigenvalue weighted by atomic mass is 32.2. The zero-order chi connectivity index (χ0) is 41.9. The maximum absolute atomic E-state index is 14.5. The Kier molecular flexibility index (Phi) is 12.6. The molecule has 2 heterocycles. The van der Waals surface area contributed by atoms with Crippen molar-refractivity contribution < 1.29 is 36.5 Å². The van der Waals surface area contributed by atoms with Crippen molar-refractivity contribution >= 4 is 45.1 Å². The summed E-state index contributed by atoms with van der Waals surface area (Å²) in [6.45, 7) is 15.3. The molecule has 0 saturated heterocycles. The van der Waals surface area contributed by atoms with Crippen LogP contribution in [0.25, 0.3) is 11.2 Å². The van der Waals surface area contributed by atoms with Gasteiger partial charge in [-0.3, -0.25) is 10.1 Å². The van der Waals surface area contributed by atoms with E-state index in [9.17, 15) is 22.8 Å². The van der Waals surface area contributed by atoms with Crippen molar-refractivity contribution in [2.45, 2.75) is 90.5 Å². The first-order chi connectivity index (χ1) is 27.5. The molecule has 1 aliphatic carbocycles. The number of hydrogen-bond donors (Lipinski definition) is 1. The maximum Gasteiger partial charge on any atom is 0.341 e. The average Bonchev–Trinajstić information content (AvgIpc) is 3.60. The van der Waals surface area contributed by atoms with Gasteiger partial charge < -0.3 is 18.2 Å². The predicted octanol–water partition coefficient (Wildman–Crippen LogP) is 8.45. The lowest BCUT2D eigenvalue weighted by Gasteiger charge is -2.44. The molecule has 13 nitrogen and oxygen atoms in total. The van der Waals surface area contributed by atoms with Crippen LogP contribution in [-0.4, -0.2) is 59.0 Å². The highest BCUT2D eigenvalue weighted by molar-refractivity contribution is 7.87. The van der Waals surface area contributed by atoms with Crippen LogP contribution in [0.1, 0.15) is 123 Å². The van der Waals surface area contributed by atoms with Gasteiger partial charge in [-0.2, -0.15) is 18.4 Å². The number of aromatic nitrogens is 4. The number of ether oxygens (including phenoxy) is 2. The van der Waals surface area contributed by atoms with Crippen LogP contribution in [0, 0.1) is 17.8 Å². The van der Waals surface area contributed by atoms with Crippen molar-refractivity contribution in [1.82, 2.24) is 19.5 Å². The molecule has 0 bridgehead atoms. The van der Waals surface area contributed by atoms with Crippen molar-refractivity contribution in [3.63, 3.8) is 0 Å². The fourth-order valence-corrected chi connectivity index (χ4v) is 8.61. The first-order valence-corrected chi connectivity index (χ1v) is 21.1. The number of fused-ring (bicyclic) bond motifs is 1. The molecule has 14 heteroatoms. The predicted molar refractivity (Wildman–Crippen MR) is 219 cm³/mol. The number of hydrogen-bond acceptors (Lipinski definition) is 11. The Morgan fingerprint density at radius 2 is 1.33 bits per heavy atom. The fourth-order valence-electron chi connectivity index (χ4n) is 7.03. The van der Waals surface area contributed by atoms with Gasteiger partial charge in [0.15, 0.2) is 11.2 Å². The summed E-state index contributed by atoms with van der Waals surface area (Å²) in [6, 6.07) is 20.7. The quantitative estimate of drug-likeness (QED) is 0.0796. The summed E-state index contributed by atoms with van der Waals surface area (Å²) < 4.78 is 48.3. The number of rotatable bonds is 15. The summed E-state index contributed by atoms with van der Waals surface area (Å²) in [5.74, 6) is -3.04. The Hall–Kier alpha value is -5.63. The number of benzene rings is 3. The Bertz CT molecular complexity index is 2370. The van der Waals surface area contributed by atoms with E-state index in [1.54, 1.807) is 73.0 Å². The third-order valence-corrected chi connectivity index (χ3v) is 11.9.